The maximum absolute atomic E-state index is 11.3. The zero-order chi connectivity index (χ0) is 14.4. The molecule has 0 bridgehead atoms. The van der Waals surface area contributed by atoms with Crippen molar-refractivity contribution in [3.05, 3.63) is 48.0 Å². The Kier molecular flexibility index (Phi) is 5.06. The molecule has 106 valence electrons. The Bertz CT molecular complexity index is 540. The van der Waals surface area contributed by atoms with Crippen LogP contribution in [-0.4, -0.2) is 33.4 Å². The highest BCUT2D eigenvalue weighted by atomic mass is 32.2. The molecule has 0 amide bonds. The first-order valence-corrected chi connectivity index (χ1v) is 7.19. The molecule has 0 fully saturated rings. The molecule has 1 aromatic heterocycles. The van der Waals surface area contributed by atoms with Crippen LogP contribution in [0.15, 0.2) is 36.8 Å². The summed E-state index contributed by atoms with van der Waals surface area (Å²) in [7, 11) is 1.62. The lowest BCUT2D eigenvalue weighted by molar-refractivity contribution is -0.136. The number of carboxylic acid groups (broad SMARTS) is 1. The number of H-pyrrole nitrogens is 1. The quantitative estimate of drug-likeness (QED) is 0.819. The number of hydrogen-bond donors (Lipinski definition) is 2. The molecule has 1 aromatic carbocycles. The van der Waals surface area contributed by atoms with Gasteiger partial charge in [0.1, 0.15) is 11.0 Å². The van der Waals surface area contributed by atoms with Crippen molar-refractivity contribution in [2.75, 3.05) is 7.11 Å². The number of thioether (sulfide) groups is 1. The van der Waals surface area contributed by atoms with Gasteiger partial charge in [-0.25, -0.2) is 4.98 Å². The molecule has 0 spiro atoms. The lowest BCUT2D eigenvalue weighted by Gasteiger charge is -2.11. The van der Waals surface area contributed by atoms with Crippen molar-refractivity contribution in [1.82, 2.24) is 9.97 Å². The van der Waals surface area contributed by atoms with Crippen molar-refractivity contribution in [1.29, 1.82) is 0 Å². The summed E-state index contributed by atoms with van der Waals surface area (Å²) in [5.74, 6) is 0.627. The van der Waals surface area contributed by atoms with E-state index < -0.39 is 11.2 Å². The Morgan fingerprint density at radius 1 is 1.45 bits per heavy atom. The Morgan fingerprint density at radius 3 is 2.75 bits per heavy atom. The number of ether oxygens (including phenoxy) is 1. The fourth-order valence-electron chi connectivity index (χ4n) is 1.73. The normalized spacial score (nSPS) is 12.1. The number of carbonyl (C=O) groups is 1. The molecule has 0 saturated heterocycles. The van der Waals surface area contributed by atoms with Gasteiger partial charge >= 0.3 is 5.97 Å². The molecule has 5 nitrogen and oxygen atoms in total. The second-order valence-electron chi connectivity index (χ2n) is 4.25. The third-order valence-electron chi connectivity index (χ3n) is 2.84. The van der Waals surface area contributed by atoms with Crippen LogP contribution >= 0.6 is 11.8 Å². The van der Waals surface area contributed by atoms with Crippen molar-refractivity contribution in [3.8, 4) is 5.75 Å². The van der Waals surface area contributed by atoms with E-state index in [1.807, 2.05) is 24.3 Å². The maximum atomic E-state index is 11.3. The van der Waals surface area contributed by atoms with E-state index in [-0.39, 0.29) is 0 Å². The first-order chi connectivity index (χ1) is 9.69. The standard InChI is InChI=1S/C14H16N2O3S/c1-19-12-4-2-10(3-5-12)8-20-13(14(17)18)6-11-7-15-9-16-11/h2-5,7,9,13H,6,8H2,1H3,(H,15,16)(H,17,18). The second-order valence-corrected chi connectivity index (χ2v) is 5.44. The summed E-state index contributed by atoms with van der Waals surface area (Å²) in [4.78, 5) is 18.2. The van der Waals surface area contributed by atoms with E-state index in [0.29, 0.717) is 12.2 Å². The van der Waals surface area contributed by atoms with Crippen LogP contribution < -0.4 is 4.74 Å². The summed E-state index contributed by atoms with van der Waals surface area (Å²) in [6.45, 7) is 0. The topological polar surface area (TPSA) is 75.2 Å². The molecule has 0 radical (unpaired) electrons. The number of nitrogens with zero attached hydrogens (tertiary/aromatic N) is 1. The number of carboxylic acids is 1. The molecule has 0 aliphatic rings. The molecule has 0 aliphatic carbocycles. The smallest absolute Gasteiger partial charge is 0.317 e. The zero-order valence-electron chi connectivity index (χ0n) is 11.1. The molecule has 1 atom stereocenters. The van der Waals surface area contributed by atoms with Crippen LogP contribution in [-0.2, 0) is 17.0 Å². The van der Waals surface area contributed by atoms with E-state index in [0.717, 1.165) is 17.0 Å². The van der Waals surface area contributed by atoms with Crippen molar-refractivity contribution in [2.24, 2.45) is 0 Å². The summed E-state index contributed by atoms with van der Waals surface area (Å²) < 4.78 is 5.09. The molecular formula is C14H16N2O3S. The Balaban J connectivity index is 1.92. The van der Waals surface area contributed by atoms with Crippen LogP contribution in [0.5, 0.6) is 5.75 Å². The van der Waals surface area contributed by atoms with Crippen molar-refractivity contribution >= 4 is 17.7 Å². The Labute approximate surface area is 121 Å². The van der Waals surface area contributed by atoms with E-state index in [1.54, 1.807) is 19.6 Å². The summed E-state index contributed by atoms with van der Waals surface area (Å²) >= 11 is 1.40. The Morgan fingerprint density at radius 2 is 2.20 bits per heavy atom. The van der Waals surface area contributed by atoms with E-state index in [4.69, 9.17) is 4.74 Å². The minimum atomic E-state index is -0.813. The number of aromatic amines is 1. The van der Waals surface area contributed by atoms with Gasteiger partial charge in [-0.2, -0.15) is 0 Å². The van der Waals surface area contributed by atoms with Gasteiger partial charge in [0.15, 0.2) is 0 Å². The lowest BCUT2D eigenvalue weighted by atomic mass is 10.2. The number of aromatic nitrogens is 2. The van der Waals surface area contributed by atoms with Gasteiger partial charge in [-0.05, 0) is 17.7 Å². The molecular weight excluding hydrogens is 276 g/mol. The highest BCUT2D eigenvalue weighted by Crippen LogP contribution is 2.22. The molecule has 20 heavy (non-hydrogen) atoms. The minimum Gasteiger partial charge on any atom is -0.497 e. The minimum absolute atomic E-state index is 0.416. The van der Waals surface area contributed by atoms with E-state index in [2.05, 4.69) is 9.97 Å². The number of benzene rings is 1. The van der Waals surface area contributed by atoms with Crippen LogP contribution in [0.4, 0.5) is 0 Å². The molecule has 6 heteroatoms. The molecule has 1 heterocycles. The van der Waals surface area contributed by atoms with Crippen LogP contribution in [0, 0.1) is 0 Å². The summed E-state index contributed by atoms with van der Waals surface area (Å²) in [6, 6.07) is 7.64. The number of aliphatic carboxylic acids is 1. The largest absolute Gasteiger partial charge is 0.497 e. The number of nitrogens with one attached hydrogen (secondary N) is 1. The molecule has 2 N–H and O–H groups in total. The van der Waals surface area contributed by atoms with E-state index >= 15 is 0 Å². The van der Waals surface area contributed by atoms with Gasteiger partial charge in [0.05, 0.1) is 19.1 Å². The van der Waals surface area contributed by atoms with Crippen LogP contribution in [0.1, 0.15) is 11.3 Å². The highest BCUT2D eigenvalue weighted by molar-refractivity contribution is 7.99. The summed E-state index contributed by atoms with van der Waals surface area (Å²) in [5, 5.41) is 8.75. The van der Waals surface area contributed by atoms with Gasteiger partial charge in [-0.1, -0.05) is 12.1 Å². The third kappa shape index (κ3) is 4.03. The number of imidazole rings is 1. The molecule has 2 rings (SSSR count). The number of hydrogen-bond acceptors (Lipinski definition) is 4. The maximum Gasteiger partial charge on any atom is 0.317 e. The SMILES string of the molecule is COc1ccc(CSC(Cc2c[nH]cn2)C(=O)O)cc1. The second kappa shape index (κ2) is 7.00. The summed E-state index contributed by atoms with van der Waals surface area (Å²) in [5.41, 5.74) is 1.84. The van der Waals surface area contributed by atoms with Crippen molar-refractivity contribution in [2.45, 2.75) is 17.4 Å². The predicted molar refractivity (Wildman–Crippen MR) is 78.0 cm³/mol. The van der Waals surface area contributed by atoms with Gasteiger partial charge in [0.2, 0.25) is 0 Å². The van der Waals surface area contributed by atoms with E-state index in [1.165, 1.54) is 11.8 Å². The van der Waals surface area contributed by atoms with Crippen molar-refractivity contribution < 1.29 is 14.6 Å². The van der Waals surface area contributed by atoms with Crippen LogP contribution in [0.25, 0.3) is 0 Å². The van der Waals surface area contributed by atoms with Gasteiger partial charge in [0.25, 0.3) is 0 Å². The van der Waals surface area contributed by atoms with Gasteiger partial charge in [-0.15, -0.1) is 11.8 Å². The fourth-order valence-corrected chi connectivity index (χ4v) is 2.75. The average Bonchev–Trinajstić information content (AvgIpc) is 2.96. The first kappa shape index (κ1) is 14.5. The van der Waals surface area contributed by atoms with Gasteiger partial charge < -0.3 is 14.8 Å². The highest BCUT2D eigenvalue weighted by Gasteiger charge is 2.19. The molecule has 0 saturated carbocycles. The van der Waals surface area contributed by atoms with E-state index in [9.17, 15) is 9.90 Å². The molecule has 2 aromatic rings. The number of rotatable bonds is 7. The third-order valence-corrected chi connectivity index (χ3v) is 4.11. The van der Waals surface area contributed by atoms with Gasteiger partial charge in [-0.3, -0.25) is 4.79 Å². The number of methoxy groups -OCH3 is 1. The molecule has 0 aliphatic heterocycles. The lowest BCUT2D eigenvalue weighted by Crippen LogP contribution is -2.19. The predicted octanol–water partition coefficient (Wildman–Crippen LogP) is 2.35. The van der Waals surface area contributed by atoms with Crippen LogP contribution in [0.2, 0.25) is 0 Å². The average molecular weight is 292 g/mol. The Hall–Kier alpha value is -1.95. The van der Waals surface area contributed by atoms with Gasteiger partial charge in [0, 0.05) is 18.4 Å². The van der Waals surface area contributed by atoms with Crippen molar-refractivity contribution in [3.63, 3.8) is 0 Å². The monoisotopic (exact) mass is 292 g/mol. The first-order valence-electron chi connectivity index (χ1n) is 6.14. The fraction of sp³-hybridized carbons (Fsp3) is 0.286. The zero-order valence-corrected chi connectivity index (χ0v) is 11.9. The molecule has 1 unspecified atom stereocenters. The summed E-state index contributed by atoms with van der Waals surface area (Å²) in [6.07, 6.45) is 3.70. The van der Waals surface area contributed by atoms with Crippen LogP contribution in [0.3, 0.4) is 0 Å².